The van der Waals surface area contributed by atoms with Gasteiger partial charge in [0, 0.05) is 63.7 Å². The fourth-order valence-corrected chi connectivity index (χ4v) is 6.98. The molecule has 0 radical (unpaired) electrons. The van der Waals surface area contributed by atoms with E-state index < -0.39 is 46.3 Å². The first-order chi connectivity index (χ1) is 26.6. The van der Waals surface area contributed by atoms with Gasteiger partial charge in [0.2, 0.25) is 5.91 Å². The van der Waals surface area contributed by atoms with Gasteiger partial charge in [-0.1, -0.05) is 66.0 Å². The minimum atomic E-state index is -4.68. The fraction of sp³-hybridized carbons (Fsp3) is 0.487. The van der Waals surface area contributed by atoms with Crippen molar-refractivity contribution in [2.75, 3.05) is 62.2 Å². The number of anilines is 2. The number of piperazine rings is 2. The van der Waals surface area contributed by atoms with Gasteiger partial charge in [-0.3, -0.25) is 19.0 Å². The molecule has 0 saturated carbocycles. The van der Waals surface area contributed by atoms with E-state index in [9.17, 15) is 35.9 Å². The highest BCUT2D eigenvalue weighted by Gasteiger charge is 2.39. The summed E-state index contributed by atoms with van der Waals surface area (Å²) < 4.78 is 77.4. The molecule has 0 unspecified atom stereocenters. The van der Waals surface area contributed by atoms with E-state index in [4.69, 9.17) is 28.3 Å². The number of carbonyl (C=O) groups excluding carboxylic acids is 1. The van der Waals surface area contributed by atoms with Crippen LogP contribution in [0.1, 0.15) is 52.5 Å². The number of nitrogens with zero attached hydrogens (tertiary/aromatic N) is 7. The number of carboxylic acids is 1. The Kier molecular flexibility index (Phi) is 16.5. The minimum Gasteiger partial charge on any atom is -0.480 e. The quantitative estimate of drug-likeness (QED) is 0.187. The average Bonchev–Trinajstić information content (AvgIpc) is 3.58. The van der Waals surface area contributed by atoms with Gasteiger partial charge in [-0.2, -0.15) is 36.5 Å². The SMILES string of the molecule is C.Cc1c(Cl)c(C(F)(F)F)nn1CC(=O)O.Cc1ccc(N2CCN(C(=O)Cn3nc(C(F)(F)F)c(Cl)c3C)CC2)c(C)c1.Cc1ccc(N2CCNCC2)c(C)c1. The molecule has 0 spiro atoms. The standard InChI is InChI=1S/C19H22ClF3N4O.C12H18N2.C7H6ClF3N2O2.CH4/c1-12-4-5-15(13(2)10-12)25-6-8-26(9-7-25)16(28)11-27-14(3)17(20)18(24-27)19(21,22)23;1-10-3-4-12(11(2)9-10)14-7-5-13-6-8-14;1-3-5(8)6(7(9,10)11)12-13(3)2-4(14)15;/h4-5,10H,6-9,11H2,1-3H3;3-4,9,13H,5-8H2,1-2H3;2H2,1H3,(H,14,15);1H4. The highest BCUT2D eigenvalue weighted by atomic mass is 35.5. The van der Waals surface area contributed by atoms with E-state index in [1.54, 1.807) is 4.90 Å². The average molecular weight is 864 g/mol. The molecule has 58 heavy (non-hydrogen) atoms. The number of aliphatic carboxylic acids is 1. The summed E-state index contributed by atoms with van der Waals surface area (Å²) in [6, 6.07) is 13.0. The second kappa shape index (κ2) is 20.0. The second-order valence-electron chi connectivity index (χ2n) is 13.9. The van der Waals surface area contributed by atoms with Gasteiger partial charge in [-0.05, 0) is 64.8 Å². The molecular formula is C39H50Cl2F6N8O3. The number of hydrogen-bond donors (Lipinski definition) is 2. The molecule has 0 bridgehead atoms. The predicted octanol–water partition coefficient (Wildman–Crippen LogP) is 8.13. The fourth-order valence-electron chi connectivity index (χ4n) is 6.50. The maximum atomic E-state index is 12.9. The zero-order valence-electron chi connectivity index (χ0n) is 32.5. The van der Waals surface area contributed by atoms with E-state index in [1.165, 1.54) is 41.8 Å². The van der Waals surface area contributed by atoms with Gasteiger partial charge in [-0.25, -0.2) is 0 Å². The highest BCUT2D eigenvalue weighted by Crippen LogP contribution is 2.36. The third kappa shape index (κ3) is 12.3. The lowest BCUT2D eigenvalue weighted by atomic mass is 10.1. The molecule has 19 heteroatoms. The summed E-state index contributed by atoms with van der Waals surface area (Å²) in [4.78, 5) is 29.2. The molecule has 2 aliphatic heterocycles. The zero-order chi connectivity index (χ0) is 42.4. The van der Waals surface area contributed by atoms with E-state index in [-0.39, 0.29) is 31.3 Å². The van der Waals surface area contributed by atoms with E-state index >= 15 is 0 Å². The second-order valence-corrected chi connectivity index (χ2v) is 14.6. The molecule has 1 amide bonds. The molecule has 0 atom stereocenters. The maximum absolute atomic E-state index is 12.9. The Bertz CT molecular complexity index is 2040. The lowest BCUT2D eigenvalue weighted by Gasteiger charge is -2.37. The van der Waals surface area contributed by atoms with Crippen LogP contribution in [0.4, 0.5) is 37.7 Å². The molecule has 4 heterocycles. The van der Waals surface area contributed by atoms with Crippen LogP contribution in [0, 0.1) is 41.5 Å². The summed E-state index contributed by atoms with van der Waals surface area (Å²) in [6.07, 6.45) is -9.32. The third-order valence-electron chi connectivity index (χ3n) is 9.51. The molecule has 11 nitrogen and oxygen atoms in total. The summed E-state index contributed by atoms with van der Waals surface area (Å²) in [5, 5.41) is 17.4. The molecular weight excluding hydrogens is 813 g/mol. The summed E-state index contributed by atoms with van der Waals surface area (Å²) in [5.41, 5.74) is 5.36. The van der Waals surface area contributed by atoms with Crippen molar-refractivity contribution in [1.29, 1.82) is 0 Å². The van der Waals surface area contributed by atoms with E-state index in [0.717, 1.165) is 36.5 Å². The summed E-state index contributed by atoms with van der Waals surface area (Å²) in [5.74, 6) is -1.55. The Labute approximate surface area is 344 Å². The lowest BCUT2D eigenvalue weighted by molar-refractivity contribution is -0.143. The molecule has 2 fully saturated rings. The van der Waals surface area contributed by atoms with Crippen molar-refractivity contribution < 1.29 is 41.0 Å². The van der Waals surface area contributed by atoms with Gasteiger partial charge < -0.3 is 25.1 Å². The van der Waals surface area contributed by atoms with Crippen LogP contribution in [0.15, 0.2) is 36.4 Å². The number of aromatic nitrogens is 4. The molecule has 2 saturated heterocycles. The summed E-state index contributed by atoms with van der Waals surface area (Å²) in [6.45, 7) is 17.1. The summed E-state index contributed by atoms with van der Waals surface area (Å²) >= 11 is 11.1. The first-order valence-corrected chi connectivity index (χ1v) is 18.8. The third-order valence-corrected chi connectivity index (χ3v) is 10.4. The normalized spacial score (nSPS) is 14.6. The van der Waals surface area contributed by atoms with Gasteiger partial charge in [0.1, 0.15) is 13.1 Å². The largest absolute Gasteiger partial charge is 0.480 e. The van der Waals surface area contributed by atoms with Crippen LogP contribution >= 0.6 is 23.2 Å². The van der Waals surface area contributed by atoms with Crippen LogP contribution < -0.4 is 15.1 Å². The Morgan fingerprint density at radius 1 is 0.672 bits per heavy atom. The van der Waals surface area contributed by atoms with Crippen molar-refractivity contribution in [3.63, 3.8) is 0 Å². The van der Waals surface area contributed by atoms with Crippen molar-refractivity contribution in [3.05, 3.63) is 91.5 Å². The minimum absolute atomic E-state index is 0. The Hall–Kier alpha value is -4.48. The number of hydrogen-bond acceptors (Lipinski definition) is 7. The van der Waals surface area contributed by atoms with E-state index in [0.29, 0.717) is 30.9 Å². The predicted molar refractivity (Wildman–Crippen MR) is 214 cm³/mol. The van der Waals surface area contributed by atoms with Crippen molar-refractivity contribution in [2.45, 2.75) is 74.4 Å². The lowest BCUT2D eigenvalue weighted by Crippen LogP contribution is -2.49. The smallest absolute Gasteiger partial charge is 0.436 e. The Morgan fingerprint density at radius 3 is 1.43 bits per heavy atom. The molecule has 320 valence electrons. The monoisotopic (exact) mass is 862 g/mol. The molecule has 2 aromatic carbocycles. The topological polar surface area (TPSA) is 112 Å². The van der Waals surface area contributed by atoms with Gasteiger partial charge in [-0.15, -0.1) is 0 Å². The number of carboxylic acid groups (broad SMARTS) is 1. The highest BCUT2D eigenvalue weighted by molar-refractivity contribution is 6.32. The molecule has 2 aromatic heterocycles. The number of nitrogens with one attached hydrogen (secondary N) is 1. The number of alkyl halides is 6. The molecule has 2 N–H and O–H groups in total. The Morgan fingerprint density at radius 2 is 1.07 bits per heavy atom. The van der Waals surface area contributed by atoms with Gasteiger partial charge in [0.25, 0.3) is 0 Å². The Balaban J connectivity index is 0.000000253. The van der Waals surface area contributed by atoms with Crippen LogP contribution in [0.2, 0.25) is 10.0 Å². The first kappa shape index (κ1) is 47.9. The van der Waals surface area contributed by atoms with Gasteiger partial charge >= 0.3 is 18.3 Å². The number of rotatable bonds is 6. The summed E-state index contributed by atoms with van der Waals surface area (Å²) in [7, 11) is 0. The molecule has 2 aliphatic rings. The van der Waals surface area contributed by atoms with E-state index in [2.05, 4.69) is 82.5 Å². The number of benzene rings is 2. The van der Waals surface area contributed by atoms with Crippen molar-refractivity contribution >= 4 is 46.5 Å². The molecule has 6 rings (SSSR count). The molecule has 0 aliphatic carbocycles. The zero-order valence-corrected chi connectivity index (χ0v) is 34.0. The number of halogens is 8. The maximum Gasteiger partial charge on any atom is 0.436 e. The van der Waals surface area contributed by atoms with Crippen molar-refractivity contribution in [2.24, 2.45) is 0 Å². The van der Waals surface area contributed by atoms with Crippen LogP contribution in [0.25, 0.3) is 0 Å². The van der Waals surface area contributed by atoms with E-state index in [1.807, 2.05) is 6.92 Å². The first-order valence-electron chi connectivity index (χ1n) is 18.0. The van der Waals surface area contributed by atoms with Crippen LogP contribution in [0.5, 0.6) is 0 Å². The van der Waals surface area contributed by atoms with Crippen molar-refractivity contribution in [1.82, 2.24) is 29.8 Å². The van der Waals surface area contributed by atoms with Crippen LogP contribution in [-0.4, -0.2) is 93.8 Å². The van der Waals surface area contributed by atoms with Crippen LogP contribution in [-0.2, 0) is 35.0 Å². The number of aryl methyl sites for hydroxylation is 4. The van der Waals surface area contributed by atoms with Gasteiger partial charge in [0.15, 0.2) is 11.4 Å². The van der Waals surface area contributed by atoms with Gasteiger partial charge in [0.05, 0.1) is 21.4 Å². The van der Waals surface area contributed by atoms with Crippen molar-refractivity contribution in [3.8, 4) is 0 Å². The number of carbonyl (C=O) groups is 2. The molecule has 4 aromatic rings. The van der Waals surface area contributed by atoms with Crippen LogP contribution in [0.3, 0.4) is 0 Å². The number of amides is 1.